The van der Waals surface area contributed by atoms with Crippen LogP contribution in [0.4, 0.5) is 4.39 Å². The lowest BCUT2D eigenvalue weighted by atomic mass is 10.2. The highest BCUT2D eigenvalue weighted by molar-refractivity contribution is 7.80. The van der Waals surface area contributed by atoms with E-state index in [2.05, 4.69) is 12.6 Å². The van der Waals surface area contributed by atoms with E-state index in [0.29, 0.717) is 6.61 Å². The number of rotatable bonds is 5. The molecule has 0 saturated heterocycles. The Labute approximate surface area is 105 Å². The van der Waals surface area contributed by atoms with Crippen LogP contribution in [0.15, 0.2) is 23.1 Å². The third-order valence-electron chi connectivity index (χ3n) is 1.95. The SMILES string of the molecule is CC(C)OCCOC(=O)c1ccc(F)c(S)c1. The van der Waals surface area contributed by atoms with Crippen molar-refractivity contribution in [2.24, 2.45) is 0 Å². The van der Waals surface area contributed by atoms with E-state index < -0.39 is 11.8 Å². The highest BCUT2D eigenvalue weighted by atomic mass is 32.1. The van der Waals surface area contributed by atoms with Crippen molar-refractivity contribution in [3.63, 3.8) is 0 Å². The third-order valence-corrected chi connectivity index (χ3v) is 2.29. The van der Waals surface area contributed by atoms with E-state index in [1.54, 1.807) is 0 Å². The van der Waals surface area contributed by atoms with Gasteiger partial charge in [0.2, 0.25) is 0 Å². The van der Waals surface area contributed by atoms with Gasteiger partial charge in [-0.25, -0.2) is 9.18 Å². The molecular formula is C12H15FO3S. The maximum atomic E-state index is 12.9. The van der Waals surface area contributed by atoms with Gasteiger partial charge >= 0.3 is 5.97 Å². The van der Waals surface area contributed by atoms with E-state index >= 15 is 0 Å². The van der Waals surface area contributed by atoms with Crippen molar-refractivity contribution in [2.45, 2.75) is 24.8 Å². The molecular weight excluding hydrogens is 243 g/mol. The molecule has 0 heterocycles. The number of thiol groups is 1. The molecule has 1 rings (SSSR count). The van der Waals surface area contributed by atoms with Crippen molar-refractivity contribution in [3.05, 3.63) is 29.6 Å². The molecule has 0 fully saturated rings. The summed E-state index contributed by atoms with van der Waals surface area (Å²) < 4.78 is 23.1. The van der Waals surface area contributed by atoms with Crippen molar-refractivity contribution in [1.82, 2.24) is 0 Å². The van der Waals surface area contributed by atoms with Crippen LogP contribution in [-0.4, -0.2) is 25.3 Å². The van der Waals surface area contributed by atoms with Crippen LogP contribution in [0.1, 0.15) is 24.2 Å². The predicted molar refractivity (Wildman–Crippen MR) is 65.0 cm³/mol. The molecule has 0 aliphatic heterocycles. The Bertz CT molecular complexity index is 393. The van der Waals surface area contributed by atoms with Crippen molar-refractivity contribution in [1.29, 1.82) is 0 Å². The maximum absolute atomic E-state index is 12.9. The molecule has 0 amide bonds. The molecule has 0 aliphatic rings. The Kier molecular flexibility index (Phi) is 5.44. The number of esters is 1. The van der Waals surface area contributed by atoms with Gasteiger partial charge in [-0.1, -0.05) is 0 Å². The van der Waals surface area contributed by atoms with Crippen LogP contribution < -0.4 is 0 Å². The Balaban J connectivity index is 2.44. The number of benzene rings is 1. The molecule has 0 atom stereocenters. The van der Waals surface area contributed by atoms with Crippen LogP contribution in [0.5, 0.6) is 0 Å². The number of hydrogen-bond acceptors (Lipinski definition) is 4. The standard InChI is InChI=1S/C12H15FO3S/c1-8(2)15-5-6-16-12(14)9-3-4-10(13)11(17)7-9/h3-4,7-8,17H,5-6H2,1-2H3. The molecule has 5 heteroatoms. The first-order valence-corrected chi connectivity index (χ1v) is 5.72. The maximum Gasteiger partial charge on any atom is 0.338 e. The van der Waals surface area contributed by atoms with Gasteiger partial charge in [0, 0.05) is 4.90 Å². The second kappa shape index (κ2) is 6.61. The highest BCUT2D eigenvalue weighted by Gasteiger charge is 2.09. The van der Waals surface area contributed by atoms with Gasteiger partial charge in [-0.05, 0) is 32.0 Å². The molecule has 0 unspecified atom stereocenters. The minimum absolute atomic E-state index is 0.101. The molecule has 3 nitrogen and oxygen atoms in total. The lowest BCUT2D eigenvalue weighted by Crippen LogP contribution is -2.13. The second-order valence-corrected chi connectivity index (χ2v) is 4.20. The molecule has 0 spiro atoms. The molecule has 0 saturated carbocycles. The van der Waals surface area contributed by atoms with Crippen LogP contribution in [0.25, 0.3) is 0 Å². The first kappa shape index (κ1) is 14.0. The zero-order valence-electron chi connectivity index (χ0n) is 9.77. The van der Waals surface area contributed by atoms with Crippen molar-refractivity contribution in [3.8, 4) is 0 Å². The minimum atomic E-state index is -0.507. The van der Waals surface area contributed by atoms with Crippen LogP contribution in [0.2, 0.25) is 0 Å². The van der Waals surface area contributed by atoms with Crippen LogP contribution in [-0.2, 0) is 9.47 Å². The summed E-state index contributed by atoms with van der Waals surface area (Å²) in [5, 5.41) is 0. The van der Waals surface area contributed by atoms with Gasteiger partial charge in [-0.2, -0.15) is 0 Å². The van der Waals surface area contributed by atoms with Gasteiger partial charge < -0.3 is 9.47 Å². The van der Waals surface area contributed by atoms with E-state index in [1.807, 2.05) is 13.8 Å². The minimum Gasteiger partial charge on any atom is -0.460 e. The summed E-state index contributed by atoms with van der Waals surface area (Å²) in [5.41, 5.74) is 0.279. The predicted octanol–water partition coefficient (Wildman–Crippen LogP) is 2.70. The average Bonchev–Trinajstić information content (AvgIpc) is 2.27. The second-order valence-electron chi connectivity index (χ2n) is 3.72. The molecule has 94 valence electrons. The Morgan fingerprint density at radius 2 is 2.12 bits per heavy atom. The van der Waals surface area contributed by atoms with E-state index in [9.17, 15) is 9.18 Å². The summed E-state index contributed by atoms with van der Waals surface area (Å²) in [6.45, 7) is 4.32. The van der Waals surface area contributed by atoms with E-state index in [0.717, 1.165) is 0 Å². The topological polar surface area (TPSA) is 35.5 Å². The largest absolute Gasteiger partial charge is 0.460 e. The van der Waals surface area contributed by atoms with Crippen molar-refractivity contribution in [2.75, 3.05) is 13.2 Å². The molecule has 0 aromatic heterocycles. The zero-order valence-corrected chi connectivity index (χ0v) is 10.7. The monoisotopic (exact) mass is 258 g/mol. The third kappa shape index (κ3) is 4.75. The molecule has 17 heavy (non-hydrogen) atoms. The number of carbonyl (C=O) groups is 1. The van der Waals surface area contributed by atoms with Crippen LogP contribution >= 0.6 is 12.6 Å². The fourth-order valence-electron chi connectivity index (χ4n) is 1.14. The van der Waals surface area contributed by atoms with Crippen molar-refractivity contribution >= 4 is 18.6 Å². The van der Waals surface area contributed by atoms with Gasteiger partial charge in [-0.15, -0.1) is 12.6 Å². The lowest BCUT2D eigenvalue weighted by molar-refractivity contribution is 0.0176. The van der Waals surface area contributed by atoms with Gasteiger partial charge in [-0.3, -0.25) is 0 Å². The van der Waals surface area contributed by atoms with Gasteiger partial charge in [0.25, 0.3) is 0 Å². The Morgan fingerprint density at radius 1 is 1.41 bits per heavy atom. The number of carbonyl (C=O) groups excluding carboxylic acids is 1. The summed E-state index contributed by atoms with van der Waals surface area (Å²) in [7, 11) is 0. The molecule has 1 aromatic rings. The fourth-order valence-corrected chi connectivity index (χ4v) is 1.35. The summed E-state index contributed by atoms with van der Waals surface area (Å²) in [6, 6.07) is 3.88. The molecule has 0 bridgehead atoms. The van der Waals surface area contributed by atoms with Gasteiger partial charge in [0.1, 0.15) is 12.4 Å². The fraction of sp³-hybridized carbons (Fsp3) is 0.417. The molecule has 0 radical (unpaired) electrons. The Morgan fingerprint density at radius 3 is 2.71 bits per heavy atom. The molecule has 1 aromatic carbocycles. The van der Waals surface area contributed by atoms with Gasteiger partial charge in [0.05, 0.1) is 18.3 Å². The van der Waals surface area contributed by atoms with E-state index in [-0.39, 0.29) is 23.2 Å². The first-order valence-electron chi connectivity index (χ1n) is 5.28. The van der Waals surface area contributed by atoms with Crippen LogP contribution in [0, 0.1) is 5.82 Å². The first-order chi connectivity index (χ1) is 8.00. The molecule has 0 aliphatic carbocycles. The lowest BCUT2D eigenvalue weighted by Gasteiger charge is -2.08. The number of ether oxygens (including phenoxy) is 2. The smallest absolute Gasteiger partial charge is 0.338 e. The summed E-state index contributed by atoms with van der Waals surface area (Å²) in [5.74, 6) is -0.972. The van der Waals surface area contributed by atoms with Crippen LogP contribution in [0.3, 0.4) is 0 Å². The molecule has 0 N–H and O–H groups in total. The number of hydrogen-bond donors (Lipinski definition) is 1. The Hall–Kier alpha value is -1.07. The quantitative estimate of drug-likeness (QED) is 0.501. The van der Waals surface area contributed by atoms with Crippen molar-refractivity contribution < 1.29 is 18.7 Å². The van der Waals surface area contributed by atoms with E-state index in [1.165, 1.54) is 18.2 Å². The summed E-state index contributed by atoms with van der Waals surface area (Å²) in [6.07, 6.45) is 0.101. The normalized spacial score (nSPS) is 10.6. The number of halogens is 1. The summed E-state index contributed by atoms with van der Waals surface area (Å²) >= 11 is 3.89. The average molecular weight is 258 g/mol. The highest BCUT2D eigenvalue weighted by Crippen LogP contribution is 2.14. The van der Waals surface area contributed by atoms with Gasteiger partial charge in [0.15, 0.2) is 0 Å². The zero-order chi connectivity index (χ0) is 12.8. The summed E-state index contributed by atoms with van der Waals surface area (Å²) in [4.78, 5) is 11.6. The van der Waals surface area contributed by atoms with E-state index in [4.69, 9.17) is 9.47 Å².